The van der Waals surface area contributed by atoms with Crippen molar-refractivity contribution in [3.8, 4) is 11.5 Å². The van der Waals surface area contributed by atoms with Gasteiger partial charge in [-0.2, -0.15) is 0 Å². The fourth-order valence-corrected chi connectivity index (χ4v) is 1.81. The third kappa shape index (κ3) is 6.78. The number of aromatic hydroxyl groups is 1. The van der Waals surface area contributed by atoms with Crippen molar-refractivity contribution < 1.29 is 14.6 Å². The van der Waals surface area contributed by atoms with Gasteiger partial charge in [-0.15, -0.1) is 0 Å². The van der Waals surface area contributed by atoms with Gasteiger partial charge in [0.2, 0.25) is 0 Å². The van der Waals surface area contributed by atoms with Gasteiger partial charge in [0.25, 0.3) is 0 Å². The minimum absolute atomic E-state index is 0.145. The number of methoxy groups -OCH3 is 1. The third-order valence-corrected chi connectivity index (χ3v) is 3.32. The molecule has 0 radical (unpaired) electrons. The van der Waals surface area contributed by atoms with Gasteiger partial charge in [-0.1, -0.05) is 6.07 Å². The van der Waals surface area contributed by atoms with Crippen LogP contribution in [0.1, 0.15) is 33.3 Å². The van der Waals surface area contributed by atoms with Crippen molar-refractivity contribution in [2.45, 2.75) is 39.8 Å². The van der Waals surface area contributed by atoms with Crippen molar-refractivity contribution in [1.29, 1.82) is 0 Å². The summed E-state index contributed by atoms with van der Waals surface area (Å²) in [5.41, 5.74) is 0.700. The summed E-state index contributed by atoms with van der Waals surface area (Å²) in [5, 5.41) is 16.2. The molecule has 23 heavy (non-hydrogen) atoms. The first-order chi connectivity index (χ1) is 10.9. The largest absolute Gasteiger partial charge is 0.504 e. The Morgan fingerprint density at radius 2 is 2.00 bits per heavy atom. The molecule has 1 rings (SSSR count). The molecule has 0 aliphatic heterocycles. The number of hydrogen-bond acceptors (Lipinski definition) is 4. The maximum Gasteiger partial charge on any atom is 0.191 e. The zero-order valence-electron chi connectivity index (χ0n) is 14.8. The van der Waals surface area contributed by atoms with Crippen molar-refractivity contribution in [3.05, 3.63) is 23.8 Å². The van der Waals surface area contributed by atoms with Crippen LogP contribution in [0.5, 0.6) is 11.5 Å². The molecule has 6 heteroatoms. The van der Waals surface area contributed by atoms with Crippen molar-refractivity contribution in [2.75, 3.05) is 26.8 Å². The lowest BCUT2D eigenvalue weighted by molar-refractivity contribution is 0.0268. The quantitative estimate of drug-likeness (QED) is 0.505. The van der Waals surface area contributed by atoms with Gasteiger partial charge in [0.1, 0.15) is 0 Å². The second-order valence-electron chi connectivity index (χ2n) is 5.75. The molecule has 0 aromatic heterocycles. The molecule has 0 aliphatic carbocycles. The second kappa shape index (κ2) is 9.25. The van der Waals surface area contributed by atoms with Gasteiger partial charge in [-0.3, -0.25) is 0 Å². The van der Waals surface area contributed by atoms with Crippen LogP contribution in [0, 0.1) is 0 Å². The Labute approximate surface area is 138 Å². The number of benzene rings is 1. The highest BCUT2D eigenvalue weighted by Crippen LogP contribution is 2.27. The number of rotatable bonds is 8. The van der Waals surface area contributed by atoms with E-state index in [0.717, 1.165) is 18.1 Å². The minimum atomic E-state index is -0.267. The summed E-state index contributed by atoms with van der Waals surface area (Å²) in [7, 11) is 1.69. The topological polar surface area (TPSA) is 75.1 Å². The number of nitrogens with one attached hydrogen (secondary N) is 2. The Morgan fingerprint density at radius 3 is 2.61 bits per heavy atom. The number of aliphatic imine (C=N–C) groups is 1. The first-order valence-electron chi connectivity index (χ1n) is 7.94. The van der Waals surface area contributed by atoms with E-state index < -0.39 is 0 Å². The second-order valence-corrected chi connectivity index (χ2v) is 5.75. The first-order valence-corrected chi connectivity index (χ1v) is 7.94. The first kappa shape index (κ1) is 19.1. The van der Waals surface area contributed by atoms with Crippen molar-refractivity contribution in [2.24, 2.45) is 4.99 Å². The van der Waals surface area contributed by atoms with Gasteiger partial charge < -0.3 is 25.2 Å². The van der Waals surface area contributed by atoms with E-state index >= 15 is 0 Å². The molecule has 3 N–H and O–H groups in total. The zero-order valence-corrected chi connectivity index (χ0v) is 14.8. The molecular weight excluding hydrogens is 294 g/mol. The number of phenolic OH excluding ortho intramolecular Hbond substituents is 1. The summed E-state index contributed by atoms with van der Waals surface area (Å²) in [5.74, 6) is 1.36. The lowest BCUT2D eigenvalue weighted by Crippen LogP contribution is -2.45. The number of hydrogen-bond donors (Lipinski definition) is 3. The summed E-state index contributed by atoms with van der Waals surface area (Å²) in [6.45, 7) is 10.4. The summed E-state index contributed by atoms with van der Waals surface area (Å²) < 4.78 is 10.8. The van der Waals surface area contributed by atoms with Gasteiger partial charge in [-0.05, 0) is 45.4 Å². The Hall–Kier alpha value is -1.95. The average molecular weight is 323 g/mol. The van der Waals surface area contributed by atoms with Crippen LogP contribution in [0.15, 0.2) is 23.2 Å². The molecular formula is C17H29N3O3. The van der Waals surface area contributed by atoms with E-state index in [-0.39, 0.29) is 11.4 Å². The van der Waals surface area contributed by atoms with Crippen LogP contribution in [0.2, 0.25) is 0 Å². The highest BCUT2D eigenvalue weighted by atomic mass is 16.5. The molecule has 0 bridgehead atoms. The Kier molecular flexibility index (Phi) is 7.68. The van der Waals surface area contributed by atoms with Crippen LogP contribution in [0.3, 0.4) is 0 Å². The average Bonchev–Trinajstić information content (AvgIpc) is 2.53. The highest BCUT2D eigenvalue weighted by Gasteiger charge is 2.16. The number of ether oxygens (including phenoxy) is 2. The summed E-state index contributed by atoms with van der Waals surface area (Å²) in [6, 6.07) is 5.28. The predicted octanol–water partition coefficient (Wildman–Crippen LogP) is 2.27. The van der Waals surface area contributed by atoms with E-state index in [1.54, 1.807) is 13.2 Å². The molecule has 0 amide bonds. The molecule has 0 saturated heterocycles. The summed E-state index contributed by atoms with van der Waals surface area (Å²) >= 11 is 0. The van der Waals surface area contributed by atoms with Crippen LogP contribution < -0.4 is 15.4 Å². The zero-order chi connectivity index (χ0) is 17.3. The van der Waals surface area contributed by atoms with Gasteiger partial charge in [0, 0.05) is 20.2 Å². The van der Waals surface area contributed by atoms with Crippen LogP contribution in [0.25, 0.3) is 0 Å². The standard InChI is InChI=1S/C17H29N3O3/c1-6-18-16(20-12-17(3,4)22-5)19-11-13-8-9-14(21)15(10-13)23-7-2/h8-10,21H,6-7,11-12H2,1-5H3,(H2,18,19,20). The van der Waals surface area contributed by atoms with E-state index in [1.807, 2.05) is 39.8 Å². The molecule has 0 aliphatic rings. The molecule has 0 heterocycles. The highest BCUT2D eigenvalue weighted by molar-refractivity contribution is 5.79. The summed E-state index contributed by atoms with van der Waals surface area (Å²) in [4.78, 5) is 4.55. The maximum atomic E-state index is 9.73. The van der Waals surface area contributed by atoms with Crippen LogP contribution >= 0.6 is 0 Å². The van der Waals surface area contributed by atoms with E-state index in [0.29, 0.717) is 25.4 Å². The number of phenols is 1. The van der Waals surface area contributed by atoms with Gasteiger partial charge >= 0.3 is 0 Å². The van der Waals surface area contributed by atoms with Crippen LogP contribution in [-0.4, -0.2) is 43.5 Å². The molecule has 0 atom stereocenters. The van der Waals surface area contributed by atoms with E-state index in [9.17, 15) is 5.11 Å². The fraction of sp³-hybridized carbons (Fsp3) is 0.588. The molecule has 130 valence electrons. The van der Waals surface area contributed by atoms with Crippen molar-refractivity contribution >= 4 is 5.96 Å². The smallest absolute Gasteiger partial charge is 0.191 e. The lowest BCUT2D eigenvalue weighted by atomic mass is 10.1. The normalized spacial score (nSPS) is 12.1. The Morgan fingerprint density at radius 1 is 1.26 bits per heavy atom. The Balaban J connectivity index is 2.75. The van der Waals surface area contributed by atoms with Gasteiger partial charge in [-0.25, -0.2) is 4.99 Å². The van der Waals surface area contributed by atoms with Gasteiger partial charge in [0.15, 0.2) is 17.5 Å². The van der Waals surface area contributed by atoms with Crippen molar-refractivity contribution in [1.82, 2.24) is 10.6 Å². The molecule has 1 aromatic carbocycles. The van der Waals surface area contributed by atoms with Crippen LogP contribution in [-0.2, 0) is 11.3 Å². The SMILES string of the molecule is CCNC(=NCc1ccc(O)c(OCC)c1)NCC(C)(C)OC. The van der Waals surface area contributed by atoms with E-state index in [2.05, 4.69) is 15.6 Å². The molecule has 0 saturated carbocycles. The molecule has 1 aromatic rings. The monoisotopic (exact) mass is 323 g/mol. The van der Waals surface area contributed by atoms with Crippen molar-refractivity contribution in [3.63, 3.8) is 0 Å². The Bertz CT molecular complexity index is 516. The third-order valence-electron chi connectivity index (χ3n) is 3.32. The number of guanidine groups is 1. The number of nitrogens with zero attached hydrogens (tertiary/aromatic N) is 1. The molecule has 0 fully saturated rings. The van der Waals surface area contributed by atoms with Gasteiger partial charge in [0.05, 0.1) is 18.8 Å². The lowest BCUT2D eigenvalue weighted by Gasteiger charge is -2.24. The summed E-state index contributed by atoms with van der Waals surface area (Å²) in [6.07, 6.45) is 0. The molecule has 6 nitrogen and oxygen atoms in total. The maximum absolute atomic E-state index is 9.73. The molecule has 0 spiro atoms. The fourth-order valence-electron chi connectivity index (χ4n) is 1.81. The molecule has 0 unspecified atom stereocenters. The predicted molar refractivity (Wildman–Crippen MR) is 93.2 cm³/mol. The van der Waals surface area contributed by atoms with E-state index in [1.165, 1.54) is 0 Å². The van der Waals surface area contributed by atoms with E-state index in [4.69, 9.17) is 9.47 Å². The van der Waals surface area contributed by atoms with Crippen LogP contribution in [0.4, 0.5) is 0 Å². The minimum Gasteiger partial charge on any atom is -0.504 e.